The summed E-state index contributed by atoms with van der Waals surface area (Å²) in [6, 6.07) is 6.50. The second-order valence-electron chi connectivity index (χ2n) is 3.13. The van der Waals surface area contributed by atoms with Crippen LogP contribution in [0, 0.1) is 3.57 Å². The van der Waals surface area contributed by atoms with Crippen molar-refractivity contribution in [3.8, 4) is 0 Å². The smallest absolute Gasteiger partial charge is 0.0263 e. The van der Waals surface area contributed by atoms with Crippen molar-refractivity contribution in [2.45, 2.75) is 24.2 Å². The van der Waals surface area contributed by atoms with Crippen LogP contribution in [0.4, 0.5) is 0 Å². The Kier molecular flexibility index (Phi) is 6.09. The molecule has 0 saturated carbocycles. The molecule has 0 nitrogen and oxygen atoms in total. The van der Waals surface area contributed by atoms with Crippen LogP contribution in [-0.2, 0) is 4.43 Å². The minimum absolute atomic E-state index is 1.09. The molecule has 0 unspecified atom stereocenters. The van der Waals surface area contributed by atoms with Gasteiger partial charge in [0, 0.05) is 8.00 Å². The number of alkyl halides is 1. The molecule has 0 aliphatic rings. The Morgan fingerprint density at radius 3 is 2.79 bits per heavy atom. The zero-order valence-electron chi connectivity index (χ0n) is 8.26. The molecule has 14 heavy (non-hydrogen) atoms. The molecule has 0 aliphatic carbocycles. The number of benzene rings is 1. The first-order valence-electron chi connectivity index (χ1n) is 4.79. The van der Waals surface area contributed by atoms with Crippen LogP contribution in [0.2, 0.25) is 0 Å². The highest BCUT2D eigenvalue weighted by Gasteiger charge is 2.01. The Morgan fingerprint density at radius 1 is 1.36 bits per heavy atom. The number of rotatable bonds is 4. The molecular weight excluding hydrogens is 398 g/mol. The van der Waals surface area contributed by atoms with Gasteiger partial charge in [-0.25, -0.2) is 0 Å². The van der Waals surface area contributed by atoms with Gasteiger partial charge in [0.05, 0.1) is 0 Å². The summed E-state index contributed by atoms with van der Waals surface area (Å²) in [5.41, 5.74) is 2.83. The van der Waals surface area contributed by atoms with E-state index in [-0.39, 0.29) is 0 Å². The maximum absolute atomic E-state index is 2.43. The van der Waals surface area contributed by atoms with Crippen molar-refractivity contribution in [1.29, 1.82) is 0 Å². The average Bonchev–Trinajstić information content (AvgIpc) is 2.18. The first-order chi connectivity index (χ1) is 6.79. The predicted octanol–water partition coefficient (Wildman–Crippen LogP) is 5.04. The van der Waals surface area contributed by atoms with Crippen molar-refractivity contribution in [2.24, 2.45) is 0 Å². The summed E-state index contributed by atoms with van der Waals surface area (Å²) in [4.78, 5) is 0. The van der Waals surface area contributed by atoms with Crippen LogP contribution in [-0.4, -0.2) is 0 Å². The minimum Gasteiger partial charge on any atom is -0.0839 e. The minimum atomic E-state index is 1.09. The lowest BCUT2D eigenvalue weighted by Crippen LogP contribution is -1.88. The van der Waals surface area contributed by atoms with Crippen molar-refractivity contribution >= 4 is 51.3 Å². The summed E-state index contributed by atoms with van der Waals surface area (Å²) in [5.74, 6) is 0. The van der Waals surface area contributed by atoms with Gasteiger partial charge in [-0.3, -0.25) is 0 Å². The van der Waals surface area contributed by atoms with Crippen LogP contribution >= 0.6 is 45.2 Å². The summed E-state index contributed by atoms with van der Waals surface area (Å²) < 4.78 is 2.46. The fraction of sp³-hybridized carbons (Fsp3) is 0.333. The van der Waals surface area contributed by atoms with E-state index >= 15 is 0 Å². The quantitative estimate of drug-likeness (QED) is 0.481. The molecule has 0 spiro atoms. The molecule has 0 heterocycles. The molecule has 2 heteroatoms. The molecule has 0 amide bonds. The van der Waals surface area contributed by atoms with Gasteiger partial charge < -0.3 is 0 Å². The largest absolute Gasteiger partial charge is 0.0839 e. The maximum Gasteiger partial charge on any atom is 0.0263 e. The summed E-state index contributed by atoms with van der Waals surface area (Å²) in [6.07, 6.45) is 6.91. The normalized spacial score (nSPS) is 11.1. The van der Waals surface area contributed by atoms with Gasteiger partial charge in [0.15, 0.2) is 0 Å². The lowest BCUT2D eigenvalue weighted by Gasteiger charge is -2.04. The Hall–Kier alpha value is 0.420. The zero-order valence-corrected chi connectivity index (χ0v) is 12.6. The van der Waals surface area contributed by atoms with Crippen LogP contribution in [0.1, 0.15) is 30.9 Å². The molecule has 0 radical (unpaired) electrons. The molecular formula is C12H14I2. The Bertz CT molecular complexity index is 316. The summed E-state index contributed by atoms with van der Waals surface area (Å²) >= 11 is 4.84. The van der Waals surface area contributed by atoms with Crippen molar-refractivity contribution in [3.63, 3.8) is 0 Å². The monoisotopic (exact) mass is 412 g/mol. The van der Waals surface area contributed by atoms with E-state index < -0.39 is 0 Å². The fourth-order valence-electron chi connectivity index (χ4n) is 1.25. The van der Waals surface area contributed by atoms with Crippen molar-refractivity contribution in [2.75, 3.05) is 0 Å². The standard InChI is InChI=1S/C12H14I2/c1-2-3-4-6-10-7-5-8-12(14)11(10)9-13/h4-8H,2-3,9H2,1H3/b6-4-. The lowest BCUT2D eigenvalue weighted by atomic mass is 10.1. The van der Waals surface area contributed by atoms with Gasteiger partial charge in [-0.15, -0.1) is 0 Å². The highest BCUT2D eigenvalue weighted by Crippen LogP contribution is 2.21. The molecule has 1 rings (SSSR count). The van der Waals surface area contributed by atoms with Crippen molar-refractivity contribution in [1.82, 2.24) is 0 Å². The third-order valence-electron chi connectivity index (χ3n) is 2.04. The molecule has 0 fully saturated rings. The van der Waals surface area contributed by atoms with E-state index in [1.165, 1.54) is 27.5 Å². The van der Waals surface area contributed by atoms with Gasteiger partial charge in [0.25, 0.3) is 0 Å². The molecule has 76 valence electrons. The van der Waals surface area contributed by atoms with Gasteiger partial charge in [-0.05, 0) is 46.2 Å². The van der Waals surface area contributed by atoms with Crippen LogP contribution in [0.5, 0.6) is 0 Å². The van der Waals surface area contributed by atoms with E-state index in [2.05, 4.69) is 82.5 Å². The fourth-order valence-corrected chi connectivity index (χ4v) is 3.54. The molecule has 0 bridgehead atoms. The summed E-state index contributed by atoms with van der Waals surface area (Å²) in [7, 11) is 0. The Balaban J connectivity index is 2.90. The third kappa shape index (κ3) is 3.53. The van der Waals surface area contributed by atoms with Gasteiger partial charge >= 0.3 is 0 Å². The van der Waals surface area contributed by atoms with E-state index in [1.807, 2.05) is 0 Å². The van der Waals surface area contributed by atoms with Crippen molar-refractivity contribution in [3.05, 3.63) is 39.0 Å². The van der Waals surface area contributed by atoms with Gasteiger partial charge in [-0.2, -0.15) is 0 Å². The first kappa shape index (κ1) is 12.5. The van der Waals surface area contributed by atoms with E-state index in [0.717, 1.165) is 4.43 Å². The number of halogens is 2. The lowest BCUT2D eigenvalue weighted by molar-refractivity contribution is 0.962. The molecule has 1 aromatic carbocycles. The Labute approximate surface area is 113 Å². The topological polar surface area (TPSA) is 0 Å². The number of allylic oxidation sites excluding steroid dienone is 1. The number of hydrogen-bond acceptors (Lipinski definition) is 0. The van der Waals surface area contributed by atoms with Crippen LogP contribution in [0.15, 0.2) is 24.3 Å². The third-order valence-corrected chi connectivity index (χ3v) is 3.81. The molecule has 0 saturated heterocycles. The van der Waals surface area contributed by atoms with E-state index in [9.17, 15) is 0 Å². The SMILES string of the molecule is CCC/C=C\c1cccc(I)c1CI. The van der Waals surface area contributed by atoms with Crippen LogP contribution in [0.3, 0.4) is 0 Å². The highest BCUT2D eigenvalue weighted by atomic mass is 127. The number of unbranched alkanes of at least 4 members (excludes halogenated alkanes) is 1. The summed E-state index contributed by atoms with van der Waals surface area (Å²) in [5, 5.41) is 0. The molecule has 0 atom stereocenters. The maximum atomic E-state index is 2.43. The second kappa shape index (κ2) is 6.82. The van der Waals surface area contributed by atoms with Gasteiger partial charge in [0.1, 0.15) is 0 Å². The van der Waals surface area contributed by atoms with Crippen molar-refractivity contribution < 1.29 is 0 Å². The molecule has 1 aromatic rings. The predicted molar refractivity (Wildman–Crippen MR) is 80.8 cm³/mol. The van der Waals surface area contributed by atoms with Crippen LogP contribution < -0.4 is 0 Å². The van der Waals surface area contributed by atoms with Gasteiger partial charge in [0.2, 0.25) is 0 Å². The Morgan fingerprint density at radius 2 is 2.14 bits per heavy atom. The second-order valence-corrected chi connectivity index (χ2v) is 5.06. The molecule has 0 aliphatic heterocycles. The molecule has 0 N–H and O–H groups in total. The first-order valence-corrected chi connectivity index (χ1v) is 7.40. The zero-order chi connectivity index (χ0) is 10.4. The molecule has 0 aromatic heterocycles. The number of hydrogen-bond donors (Lipinski definition) is 0. The highest BCUT2D eigenvalue weighted by molar-refractivity contribution is 14.1. The van der Waals surface area contributed by atoms with E-state index in [4.69, 9.17) is 0 Å². The van der Waals surface area contributed by atoms with E-state index in [0.29, 0.717) is 0 Å². The average molecular weight is 412 g/mol. The van der Waals surface area contributed by atoms with Crippen LogP contribution in [0.25, 0.3) is 6.08 Å². The van der Waals surface area contributed by atoms with Gasteiger partial charge in [-0.1, -0.05) is 60.2 Å². The summed E-state index contributed by atoms with van der Waals surface area (Å²) in [6.45, 7) is 2.21. The van der Waals surface area contributed by atoms with E-state index in [1.54, 1.807) is 0 Å².